The van der Waals surface area contributed by atoms with Gasteiger partial charge in [0.25, 0.3) is 0 Å². The summed E-state index contributed by atoms with van der Waals surface area (Å²) < 4.78 is 27.8. The molecule has 0 aromatic heterocycles. The van der Waals surface area contributed by atoms with Gasteiger partial charge in [-0.2, -0.15) is 0 Å². The Morgan fingerprint density at radius 2 is 1.82 bits per heavy atom. The number of amides is 1. The predicted molar refractivity (Wildman–Crippen MR) is 149 cm³/mol. The van der Waals surface area contributed by atoms with Crippen LogP contribution in [0.2, 0.25) is 0 Å². The smallest absolute Gasteiger partial charge is 0.408 e. The number of ether oxygens (including phenoxy) is 5. The molecule has 1 aliphatic heterocycles. The van der Waals surface area contributed by atoms with Crippen LogP contribution in [0.25, 0.3) is 0 Å². The highest BCUT2D eigenvalue weighted by Gasteiger charge is 2.43. The third kappa shape index (κ3) is 9.87. The van der Waals surface area contributed by atoms with Gasteiger partial charge in [0, 0.05) is 20.1 Å². The van der Waals surface area contributed by atoms with E-state index in [1.807, 2.05) is 33.8 Å². The zero-order valence-corrected chi connectivity index (χ0v) is 25.1. The first kappa shape index (κ1) is 32.7. The van der Waals surface area contributed by atoms with E-state index >= 15 is 0 Å². The van der Waals surface area contributed by atoms with Gasteiger partial charge in [-0.3, -0.25) is 4.79 Å². The maximum absolute atomic E-state index is 12.8. The second-order valence-corrected chi connectivity index (χ2v) is 12.0. The summed E-state index contributed by atoms with van der Waals surface area (Å²) in [6, 6.07) is 4.87. The standard InChI is InChI=1S/C30H49NO8/c1-18(2)21(27(32)20-11-12-24(36-9)26(15-20)37-14-10-13-35-8)16-23(31-29(34)39-30(5,6)7)25-17-22(19(3)4)28(33)38-25/h11-12,15,18-19,21-23,25,27,32H,10,13-14,16-17H2,1-9H3,(H,31,34)/t21-,22-,23-,25-,27+/m0/s1. The van der Waals surface area contributed by atoms with Gasteiger partial charge in [0.2, 0.25) is 0 Å². The first-order chi connectivity index (χ1) is 18.3. The lowest BCUT2D eigenvalue weighted by Gasteiger charge is -2.33. The van der Waals surface area contributed by atoms with E-state index in [9.17, 15) is 14.7 Å². The molecule has 0 aliphatic carbocycles. The molecule has 1 amide bonds. The van der Waals surface area contributed by atoms with Crippen molar-refractivity contribution in [3.8, 4) is 11.5 Å². The van der Waals surface area contributed by atoms with Crippen LogP contribution in [0.1, 0.15) is 79.4 Å². The van der Waals surface area contributed by atoms with Crippen LogP contribution in [0.15, 0.2) is 18.2 Å². The molecule has 0 unspecified atom stereocenters. The van der Waals surface area contributed by atoms with Crippen LogP contribution in [-0.2, 0) is 19.0 Å². The van der Waals surface area contributed by atoms with Crippen molar-refractivity contribution in [1.82, 2.24) is 5.32 Å². The molecule has 222 valence electrons. The Labute approximate surface area is 233 Å². The number of alkyl carbamates (subject to hydrolysis) is 1. The summed E-state index contributed by atoms with van der Waals surface area (Å²) in [5.41, 5.74) is -0.00279. The van der Waals surface area contributed by atoms with Crippen LogP contribution in [0.3, 0.4) is 0 Å². The number of carbonyl (C=O) groups is 2. The van der Waals surface area contributed by atoms with E-state index in [1.165, 1.54) is 0 Å². The number of rotatable bonds is 14. The van der Waals surface area contributed by atoms with E-state index < -0.39 is 29.9 Å². The quantitative estimate of drug-likeness (QED) is 0.237. The number of benzene rings is 1. The van der Waals surface area contributed by atoms with Crippen molar-refractivity contribution in [2.45, 2.75) is 91.6 Å². The molecule has 2 rings (SSSR count). The SMILES string of the molecule is COCCCOc1cc([C@@H](O)[C@@H](C[C@H](NC(=O)OC(C)(C)C)[C@@H]2C[C@@H](C(C)C)C(=O)O2)C(C)C)ccc1OC. The van der Waals surface area contributed by atoms with Crippen molar-refractivity contribution in [3.63, 3.8) is 0 Å². The van der Waals surface area contributed by atoms with E-state index in [4.69, 9.17) is 23.7 Å². The topological polar surface area (TPSA) is 113 Å². The Balaban J connectivity index is 2.31. The van der Waals surface area contributed by atoms with Crippen LogP contribution in [0, 0.1) is 23.7 Å². The average Bonchev–Trinajstić information content (AvgIpc) is 3.24. The van der Waals surface area contributed by atoms with Crippen molar-refractivity contribution >= 4 is 12.1 Å². The van der Waals surface area contributed by atoms with Gasteiger partial charge in [-0.05, 0) is 69.1 Å². The van der Waals surface area contributed by atoms with Crippen LogP contribution >= 0.6 is 0 Å². The third-order valence-electron chi connectivity index (χ3n) is 7.08. The number of methoxy groups -OCH3 is 2. The second kappa shape index (κ2) is 14.7. The summed E-state index contributed by atoms with van der Waals surface area (Å²) in [6.45, 7) is 14.5. The molecular weight excluding hydrogens is 502 g/mol. The Kier molecular flexibility index (Phi) is 12.4. The number of hydrogen-bond donors (Lipinski definition) is 2. The molecule has 0 saturated carbocycles. The number of carbonyl (C=O) groups excluding carboxylic acids is 2. The van der Waals surface area contributed by atoms with E-state index in [-0.39, 0.29) is 29.6 Å². The zero-order chi connectivity index (χ0) is 29.3. The molecule has 0 bridgehead atoms. The molecule has 9 nitrogen and oxygen atoms in total. The minimum atomic E-state index is -0.863. The highest BCUT2D eigenvalue weighted by Crippen LogP contribution is 2.39. The van der Waals surface area contributed by atoms with Crippen LogP contribution in [0.5, 0.6) is 11.5 Å². The van der Waals surface area contributed by atoms with Gasteiger partial charge in [-0.15, -0.1) is 0 Å². The number of cyclic esters (lactones) is 1. The number of aliphatic hydroxyl groups excluding tert-OH is 1. The molecule has 5 atom stereocenters. The fraction of sp³-hybridized carbons (Fsp3) is 0.733. The van der Waals surface area contributed by atoms with Gasteiger partial charge in [0.1, 0.15) is 11.7 Å². The largest absolute Gasteiger partial charge is 0.493 e. The lowest BCUT2D eigenvalue weighted by molar-refractivity contribution is -0.146. The molecule has 39 heavy (non-hydrogen) atoms. The van der Waals surface area contributed by atoms with Gasteiger partial charge >= 0.3 is 12.1 Å². The van der Waals surface area contributed by atoms with Crippen molar-refractivity contribution in [2.75, 3.05) is 27.4 Å². The van der Waals surface area contributed by atoms with Crippen LogP contribution < -0.4 is 14.8 Å². The normalized spacial score (nSPS) is 19.9. The van der Waals surface area contributed by atoms with E-state index in [0.717, 1.165) is 6.42 Å². The van der Waals surface area contributed by atoms with Gasteiger partial charge in [0.05, 0.1) is 31.8 Å². The third-order valence-corrected chi connectivity index (χ3v) is 7.08. The Bertz CT molecular complexity index is 926. The minimum absolute atomic E-state index is 0.0501. The Morgan fingerprint density at radius 3 is 2.36 bits per heavy atom. The summed E-state index contributed by atoms with van der Waals surface area (Å²) in [4.78, 5) is 25.4. The maximum Gasteiger partial charge on any atom is 0.408 e. The van der Waals surface area contributed by atoms with Gasteiger partial charge in [-0.25, -0.2) is 4.79 Å². The minimum Gasteiger partial charge on any atom is -0.493 e. The highest BCUT2D eigenvalue weighted by molar-refractivity contribution is 5.75. The molecule has 1 fully saturated rings. The molecule has 1 aromatic rings. The van der Waals surface area contributed by atoms with Crippen molar-refractivity contribution in [2.24, 2.45) is 23.7 Å². The Morgan fingerprint density at radius 1 is 1.13 bits per heavy atom. The maximum atomic E-state index is 12.8. The highest BCUT2D eigenvalue weighted by atomic mass is 16.6. The summed E-state index contributed by atoms with van der Waals surface area (Å²) in [5.74, 6) is 0.535. The summed E-state index contributed by atoms with van der Waals surface area (Å²) in [6.07, 6.45) is -0.350. The zero-order valence-electron chi connectivity index (χ0n) is 25.1. The monoisotopic (exact) mass is 551 g/mol. The summed E-state index contributed by atoms with van der Waals surface area (Å²) in [7, 11) is 3.22. The molecule has 1 heterocycles. The first-order valence-electron chi connectivity index (χ1n) is 13.9. The number of hydrogen-bond acceptors (Lipinski definition) is 8. The molecule has 9 heteroatoms. The summed E-state index contributed by atoms with van der Waals surface area (Å²) in [5, 5.41) is 14.5. The van der Waals surface area contributed by atoms with E-state index in [0.29, 0.717) is 43.1 Å². The van der Waals surface area contributed by atoms with Crippen LogP contribution in [-0.4, -0.2) is 62.3 Å². The van der Waals surface area contributed by atoms with E-state index in [2.05, 4.69) is 5.32 Å². The molecule has 1 aromatic carbocycles. The summed E-state index contributed by atoms with van der Waals surface area (Å²) >= 11 is 0. The van der Waals surface area contributed by atoms with Crippen molar-refractivity contribution in [3.05, 3.63) is 23.8 Å². The van der Waals surface area contributed by atoms with E-state index in [1.54, 1.807) is 47.1 Å². The predicted octanol–water partition coefficient (Wildman–Crippen LogP) is 5.29. The van der Waals surface area contributed by atoms with Crippen molar-refractivity contribution in [1.29, 1.82) is 0 Å². The van der Waals surface area contributed by atoms with Gasteiger partial charge in [0.15, 0.2) is 11.5 Å². The molecule has 0 spiro atoms. The van der Waals surface area contributed by atoms with Crippen molar-refractivity contribution < 1.29 is 38.4 Å². The lowest BCUT2D eigenvalue weighted by Crippen LogP contribution is -2.47. The molecular formula is C30H49NO8. The van der Waals surface area contributed by atoms with Crippen LogP contribution in [0.4, 0.5) is 4.79 Å². The molecule has 1 aliphatic rings. The second-order valence-electron chi connectivity index (χ2n) is 12.0. The fourth-order valence-corrected chi connectivity index (χ4v) is 4.87. The Hall–Kier alpha value is -2.52. The first-order valence-corrected chi connectivity index (χ1v) is 13.9. The molecule has 1 saturated heterocycles. The number of aliphatic hydroxyl groups is 1. The number of esters is 1. The molecule has 0 radical (unpaired) electrons. The average molecular weight is 552 g/mol. The molecule has 2 N–H and O–H groups in total. The van der Waals surface area contributed by atoms with Gasteiger partial charge < -0.3 is 34.1 Å². The number of nitrogens with one attached hydrogen (secondary N) is 1. The lowest BCUT2D eigenvalue weighted by atomic mass is 9.80. The fourth-order valence-electron chi connectivity index (χ4n) is 4.87. The van der Waals surface area contributed by atoms with Gasteiger partial charge in [-0.1, -0.05) is 33.8 Å².